The molecular formula is C10H13N3O3. The molecule has 0 aromatic carbocycles. The molecule has 86 valence electrons. The van der Waals surface area contributed by atoms with E-state index in [0.717, 1.165) is 19.4 Å². The van der Waals surface area contributed by atoms with Crippen LogP contribution in [0.15, 0.2) is 11.1 Å². The van der Waals surface area contributed by atoms with Crippen LogP contribution < -0.4 is 10.5 Å². The van der Waals surface area contributed by atoms with Gasteiger partial charge < -0.3 is 14.6 Å². The van der Waals surface area contributed by atoms with Crippen molar-refractivity contribution in [2.24, 2.45) is 0 Å². The first-order valence-corrected chi connectivity index (χ1v) is 5.15. The number of fused-ring (bicyclic) bond motifs is 1. The lowest BCUT2D eigenvalue weighted by molar-refractivity contribution is 0.0694. The third-order valence-electron chi connectivity index (χ3n) is 2.74. The van der Waals surface area contributed by atoms with Crippen LogP contribution in [0.4, 0.5) is 5.82 Å². The topological polar surface area (TPSA) is 75.4 Å². The summed E-state index contributed by atoms with van der Waals surface area (Å²) in [7, 11) is 1.79. The zero-order chi connectivity index (χ0) is 11.7. The van der Waals surface area contributed by atoms with Crippen molar-refractivity contribution in [3.05, 3.63) is 22.2 Å². The molecule has 0 atom stereocenters. The Morgan fingerprint density at radius 1 is 1.44 bits per heavy atom. The van der Waals surface area contributed by atoms with Gasteiger partial charge in [-0.25, -0.2) is 4.79 Å². The van der Waals surface area contributed by atoms with Gasteiger partial charge in [-0.05, 0) is 12.8 Å². The summed E-state index contributed by atoms with van der Waals surface area (Å²) in [5.74, 6) is -0.749. The lowest BCUT2D eigenvalue weighted by Crippen LogP contribution is -2.29. The van der Waals surface area contributed by atoms with E-state index < -0.39 is 11.5 Å². The number of aryl methyl sites for hydroxylation is 1. The molecule has 1 aliphatic heterocycles. The van der Waals surface area contributed by atoms with E-state index in [9.17, 15) is 9.59 Å². The molecule has 16 heavy (non-hydrogen) atoms. The van der Waals surface area contributed by atoms with Crippen molar-refractivity contribution in [3.8, 4) is 0 Å². The van der Waals surface area contributed by atoms with Gasteiger partial charge in [0.1, 0.15) is 12.1 Å². The van der Waals surface area contributed by atoms with Crippen LogP contribution in [0, 0.1) is 0 Å². The van der Waals surface area contributed by atoms with E-state index in [4.69, 9.17) is 5.11 Å². The maximum atomic E-state index is 11.5. The molecule has 1 aromatic heterocycles. The van der Waals surface area contributed by atoms with Crippen LogP contribution in [0.5, 0.6) is 0 Å². The first-order valence-electron chi connectivity index (χ1n) is 5.15. The third-order valence-corrected chi connectivity index (χ3v) is 2.74. The van der Waals surface area contributed by atoms with E-state index in [1.807, 2.05) is 0 Å². The molecule has 0 unspecified atom stereocenters. The average Bonchev–Trinajstić information content (AvgIpc) is 2.41. The van der Waals surface area contributed by atoms with E-state index >= 15 is 0 Å². The lowest BCUT2D eigenvalue weighted by atomic mass is 10.3. The Kier molecular flexibility index (Phi) is 2.64. The van der Waals surface area contributed by atoms with Crippen LogP contribution in [0.1, 0.15) is 23.2 Å². The normalized spacial score (nSPS) is 15.4. The Bertz CT molecular complexity index is 481. The molecule has 1 N–H and O–H groups in total. The summed E-state index contributed by atoms with van der Waals surface area (Å²) in [5.41, 5.74) is -0.903. The molecule has 2 rings (SSSR count). The van der Waals surface area contributed by atoms with Gasteiger partial charge in [0.25, 0.3) is 5.56 Å². The standard InChI is InChI=1S/C10H13N3O3/c1-12-4-2-3-5-13-6-11-8(14)7(9(12)13)10(15)16/h6H,2-5H2,1H3,(H,15,16). The van der Waals surface area contributed by atoms with Crippen molar-refractivity contribution >= 4 is 11.8 Å². The number of hydrogen-bond acceptors (Lipinski definition) is 4. The summed E-state index contributed by atoms with van der Waals surface area (Å²) in [6.07, 6.45) is 3.36. The van der Waals surface area contributed by atoms with Crippen LogP contribution in [-0.2, 0) is 6.54 Å². The molecule has 0 saturated carbocycles. The quantitative estimate of drug-likeness (QED) is 0.734. The van der Waals surface area contributed by atoms with Gasteiger partial charge in [0.05, 0.1) is 0 Å². The summed E-state index contributed by atoms with van der Waals surface area (Å²) >= 11 is 0. The van der Waals surface area contributed by atoms with E-state index in [1.165, 1.54) is 6.33 Å². The lowest BCUT2D eigenvalue weighted by Gasteiger charge is -2.21. The molecule has 0 bridgehead atoms. The fourth-order valence-corrected chi connectivity index (χ4v) is 1.98. The maximum Gasteiger partial charge on any atom is 0.345 e. The molecule has 0 aliphatic carbocycles. The van der Waals surface area contributed by atoms with Crippen LogP contribution in [0.3, 0.4) is 0 Å². The maximum absolute atomic E-state index is 11.5. The minimum Gasteiger partial charge on any atom is -0.477 e. The second-order valence-corrected chi connectivity index (χ2v) is 3.88. The molecule has 2 heterocycles. The van der Waals surface area contributed by atoms with Crippen LogP contribution in [-0.4, -0.2) is 34.2 Å². The number of carboxylic acid groups (broad SMARTS) is 1. The second-order valence-electron chi connectivity index (χ2n) is 3.88. The number of carboxylic acids is 1. The molecule has 0 amide bonds. The highest BCUT2D eigenvalue weighted by molar-refractivity contribution is 5.92. The molecule has 6 nitrogen and oxygen atoms in total. The van der Waals surface area contributed by atoms with Gasteiger partial charge in [-0.1, -0.05) is 0 Å². The fraction of sp³-hybridized carbons (Fsp3) is 0.500. The van der Waals surface area contributed by atoms with Gasteiger partial charge in [-0.15, -0.1) is 0 Å². The largest absolute Gasteiger partial charge is 0.477 e. The molecule has 0 spiro atoms. The summed E-state index contributed by atoms with van der Waals surface area (Å²) in [6, 6.07) is 0. The Morgan fingerprint density at radius 3 is 2.81 bits per heavy atom. The van der Waals surface area contributed by atoms with Crippen LogP contribution in [0.2, 0.25) is 0 Å². The summed E-state index contributed by atoms with van der Waals surface area (Å²) < 4.78 is 1.73. The number of carbonyl (C=O) groups is 1. The molecule has 1 aromatic rings. The summed E-state index contributed by atoms with van der Waals surface area (Å²) in [5, 5.41) is 9.05. The number of aromatic carboxylic acids is 1. The first kappa shape index (κ1) is 10.7. The van der Waals surface area contributed by atoms with Crippen molar-refractivity contribution in [1.29, 1.82) is 0 Å². The van der Waals surface area contributed by atoms with E-state index in [1.54, 1.807) is 16.5 Å². The van der Waals surface area contributed by atoms with Gasteiger partial charge in [-0.2, -0.15) is 4.98 Å². The van der Waals surface area contributed by atoms with Crippen molar-refractivity contribution in [2.45, 2.75) is 19.4 Å². The highest BCUT2D eigenvalue weighted by Gasteiger charge is 2.23. The number of nitrogens with zero attached hydrogens (tertiary/aromatic N) is 3. The smallest absolute Gasteiger partial charge is 0.345 e. The Morgan fingerprint density at radius 2 is 2.12 bits per heavy atom. The van der Waals surface area contributed by atoms with Crippen molar-refractivity contribution in [3.63, 3.8) is 0 Å². The monoisotopic (exact) mass is 223 g/mol. The Labute approximate surface area is 92.1 Å². The van der Waals surface area contributed by atoms with E-state index in [0.29, 0.717) is 12.4 Å². The van der Waals surface area contributed by atoms with Gasteiger partial charge in [0.2, 0.25) is 0 Å². The minimum absolute atomic E-state index is 0.230. The Hall–Kier alpha value is -1.85. The number of aromatic nitrogens is 2. The summed E-state index contributed by atoms with van der Waals surface area (Å²) in [6.45, 7) is 1.46. The predicted molar refractivity (Wildman–Crippen MR) is 58.0 cm³/mol. The van der Waals surface area contributed by atoms with Crippen LogP contribution >= 0.6 is 0 Å². The van der Waals surface area contributed by atoms with Gasteiger partial charge >= 0.3 is 5.97 Å². The van der Waals surface area contributed by atoms with E-state index in [2.05, 4.69) is 4.98 Å². The zero-order valence-electron chi connectivity index (χ0n) is 9.01. The van der Waals surface area contributed by atoms with Crippen LogP contribution in [0.25, 0.3) is 0 Å². The number of rotatable bonds is 1. The molecule has 1 aliphatic rings. The van der Waals surface area contributed by atoms with Gasteiger partial charge in [0.15, 0.2) is 5.56 Å². The highest BCUT2D eigenvalue weighted by atomic mass is 16.4. The van der Waals surface area contributed by atoms with Crippen molar-refractivity contribution in [2.75, 3.05) is 18.5 Å². The van der Waals surface area contributed by atoms with Gasteiger partial charge in [0, 0.05) is 20.1 Å². The minimum atomic E-state index is -1.21. The van der Waals surface area contributed by atoms with E-state index in [-0.39, 0.29) is 5.56 Å². The van der Waals surface area contributed by atoms with Gasteiger partial charge in [-0.3, -0.25) is 4.79 Å². The third kappa shape index (κ3) is 1.66. The molecule has 0 fully saturated rings. The highest BCUT2D eigenvalue weighted by Crippen LogP contribution is 2.20. The van der Waals surface area contributed by atoms with Crippen molar-refractivity contribution < 1.29 is 9.90 Å². The Balaban J connectivity index is 2.69. The second kappa shape index (κ2) is 3.96. The molecule has 6 heteroatoms. The predicted octanol–water partition coefficient (Wildman–Crippen LogP) is 0.172. The first-order chi connectivity index (χ1) is 7.61. The number of hydrogen-bond donors (Lipinski definition) is 1. The molecule has 0 radical (unpaired) electrons. The zero-order valence-corrected chi connectivity index (χ0v) is 9.01. The molecular weight excluding hydrogens is 210 g/mol. The van der Waals surface area contributed by atoms with Crippen molar-refractivity contribution in [1.82, 2.24) is 9.55 Å². The number of anilines is 1. The molecule has 0 saturated heterocycles. The summed E-state index contributed by atoms with van der Waals surface area (Å²) in [4.78, 5) is 27.9. The average molecular weight is 223 g/mol. The fourth-order valence-electron chi connectivity index (χ4n) is 1.98. The SMILES string of the molecule is CN1CCCCn2cnc(=O)c(C(=O)O)c21.